The Morgan fingerprint density at radius 3 is 2.55 bits per heavy atom. The maximum atomic E-state index is 13.8. The van der Waals surface area contributed by atoms with Gasteiger partial charge in [-0.2, -0.15) is 0 Å². The van der Waals surface area contributed by atoms with Crippen molar-refractivity contribution in [3.63, 3.8) is 0 Å². The number of aryl methyl sites for hydroxylation is 1. The fraction of sp³-hybridized carbons (Fsp3) is 0.541. The van der Waals surface area contributed by atoms with E-state index in [-0.39, 0.29) is 5.91 Å². The van der Waals surface area contributed by atoms with Gasteiger partial charge in [0.2, 0.25) is 0 Å². The molecule has 1 aliphatic carbocycles. The van der Waals surface area contributed by atoms with Crippen LogP contribution in [-0.2, 0) is 22.7 Å². The zero-order valence-corrected chi connectivity index (χ0v) is 28.8. The highest BCUT2D eigenvalue weighted by Gasteiger charge is 2.49. The van der Waals surface area contributed by atoms with Crippen LogP contribution < -0.4 is 4.72 Å². The van der Waals surface area contributed by atoms with Crippen molar-refractivity contribution in [2.45, 2.75) is 123 Å². The summed E-state index contributed by atoms with van der Waals surface area (Å²) >= 11 is 1.62. The van der Waals surface area contributed by atoms with E-state index < -0.39 is 5.54 Å². The van der Waals surface area contributed by atoms with Crippen molar-refractivity contribution in [2.24, 2.45) is 9.98 Å². The van der Waals surface area contributed by atoms with Gasteiger partial charge in [0.25, 0.3) is 5.91 Å². The second kappa shape index (κ2) is 15.9. The Bertz CT molecular complexity index is 1400. The van der Waals surface area contributed by atoms with Crippen LogP contribution in [0.3, 0.4) is 0 Å². The molecule has 0 radical (unpaired) electrons. The van der Waals surface area contributed by atoms with E-state index in [1.807, 2.05) is 18.9 Å². The molecule has 2 aromatic carbocycles. The first-order valence-corrected chi connectivity index (χ1v) is 17.4. The standard InChI is InChI=1S/C37H52N4O2S/c1-8-11-18-33-39-37(21-12-13-22-37)36(42)41(33)24-29-19-20-31(30(23-29)25-43-10-3)32-17-14-16-27(5)34(32)44-40-35(38-7)28(6)26(4)15-9-2/h14,16-17,19-20,23H,8-13,15,18,21-22,24-25H2,1-7H3,(H,38,40)/b28-26-. The van der Waals surface area contributed by atoms with E-state index in [0.29, 0.717) is 19.8 Å². The van der Waals surface area contributed by atoms with Crippen LogP contribution in [0.5, 0.6) is 0 Å². The number of amidine groups is 2. The van der Waals surface area contributed by atoms with E-state index in [1.54, 1.807) is 11.9 Å². The summed E-state index contributed by atoms with van der Waals surface area (Å²) in [4.78, 5) is 26.6. The molecular formula is C37H52N4O2S. The third kappa shape index (κ3) is 7.66. The van der Waals surface area contributed by atoms with Gasteiger partial charge in [-0.05, 0) is 98.7 Å². The number of unbranched alkanes of at least 4 members (excludes halogenated alkanes) is 1. The summed E-state index contributed by atoms with van der Waals surface area (Å²) in [6.07, 6.45) is 9.12. The van der Waals surface area contributed by atoms with Crippen molar-refractivity contribution in [2.75, 3.05) is 13.7 Å². The van der Waals surface area contributed by atoms with E-state index in [0.717, 1.165) is 86.1 Å². The molecule has 1 N–H and O–H groups in total. The van der Waals surface area contributed by atoms with Gasteiger partial charge in [-0.15, -0.1) is 0 Å². The molecule has 4 rings (SSSR count). The Hall–Kier alpha value is -2.90. The lowest BCUT2D eigenvalue weighted by Crippen LogP contribution is -2.40. The Balaban J connectivity index is 1.65. The molecule has 1 aliphatic heterocycles. The number of hydrogen-bond acceptors (Lipinski definition) is 5. The second-order valence-corrected chi connectivity index (χ2v) is 13.1. The lowest BCUT2D eigenvalue weighted by molar-refractivity contribution is -0.131. The van der Waals surface area contributed by atoms with Crippen molar-refractivity contribution in [1.29, 1.82) is 0 Å². The number of aliphatic imine (C=N–C) groups is 2. The highest BCUT2D eigenvalue weighted by atomic mass is 32.2. The summed E-state index contributed by atoms with van der Waals surface area (Å²) in [5, 5.41) is 0. The Kier molecular flexibility index (Phi) is 12.3. The molecule has 2 aliphatic rings. The lowest BCUT2D eigenvalue weighted by Gasteiger charge is -2.23. The van der Waals surface area contributed by atoms with Gasteiger partial charge in [0.15, 0.2) is 0 Å². The van der Waals surface area contributed by atoms with Gasteiger partial charge in [0.1, 0.15) is 17.2 Å². The average molecular weight is 617 g/mol. The van der Waals surface area contributed by atoms with Crippen LogP contribution in [0.4, 0.5) is 0 Å². The van der Waals surface area contributed by atoms with Crippen molar-refractivity contribution in [3.05, 3.63) is 64.2 Å². The highest BCUT2D eigenvalue weighted by Crippen LogP contribution is 2.41. The van der Waals surface area contributed by atoms with Gasteiger partial charge in [-0.3, -0.25) is 19.7 Å². The van der Waals surface area contributed by atoms with Gasteiger partial charge in [0, 0.05) is 25.0 Å². The molecule has 2 aromatic rings. The van der Waals surface area contributed by atoms with Gasteiger partial charge in [0.05, 0.1) is 13.2 Å². The Labute approximate surface area is 270 Å². The minimum absolute atomic E-state index is 0.201. The van der Waals surface area contributed by atoms with Crippen molar-refractivity contribution < 1.29 is 9.53 Å². The number of nitrogens with zero attached hydrogens (tertiary/aromatic N) is 3. The van der Waals surface area contributed by atoms with Crippen molar-refractivity contribution >= 4 is 29.5 Å². The van der Waals surface area contributed by atoms with E-state index in [1.165, 1.54) is 27.2 Å². The topological polar surface area (TPSA) is 66.3 Å². The zero-order chi connectivity index (χ0) is 31.7. The van der Waals surface area contributed by atoms with Gasteiger partial charge >= 0.3 is 0 Å². The molecule has 1 heterocycles. The maximum Gasteiger partial charge on any atom is 0.256 e. The Morgan fingerprint density at radius 1 is 1.09 bits per heavy atom. The normalized spacial score (nSPS) is 17.0. The molecule has 0 unspecified atom stereocenters. The molecule has 1 saturated carbocycles. The van der Waals surface area contributed by atoms with Crippen LogP contribution in [0.15, 0.2) is 62.4 Å². The number of ether oxygens (including phenoxy) is 1. The van der Waals surface area contributed by atoms with E-state index in [2.05, 4.69) is 80.7 Å². The molecule has 7 heteroatoms. The Morgan fingerprint density at radius 2 is 1.86 bits per heavy atom. The first-order chi connectivity index (χ1) is 21.3. The van der Waals surface area contributed by atoms with Crippen LogP contribution in [0.2, 0.25) is 0 Å². The summed E-state index contributed by atoms with van der Waals surface area (Å²) in [6, 6.07) is 13.1. The average Bonchev–Trinajstić information content (AvgIpc) is 3.60. The summed E-state index contributed by atoms with van der Waals surface area (Å²) in [7, 11) is 1.85. The molecule has 0 aromatic heterocycles. The van der Waals surface area contributed by atoms with Crippen LogP contribution in [0, 0.1) is 6.92 Å². The number of amides is 1. The van der Waals surface area contributed by atoms with E-state index in [9.17, 15) is 4.79 Å². The molecule has 1 fully saturated rings. The van der Waals surface area contributed by atoms with Crippen LogP contribution in [0.25, 0.3) is 11.1 Å². The first-order valence-electron chi connectivity index (χ1n) is 16.5. The number of rotatable bonds is 14. The number of allylic oxidation sites excluding steroid dienone is 1. The van der Waals surface area contributed by atoms with Gasteiger partial charge in [-0.1, -0.05) is 81.5 Å². The molecule has 44 heavy (non-hydrogen) atoms. The minimum atomic E-state index is -0.513. The highest BCUT2D eigenvalue weighted by molar-refractivity contribution is 7.98. The van der Waals surface area contributed by atoms with Crippen LogP contribution in [0.1, 0.15) is 109 Å². The van der Waals surface area contributed by atoms with Gasteiger partial charge < -0.3 is 9.46 Å². The number of hydrogen-bond donors (Lipinski definition) is 1. The predicted octanol–water partition coefficient (Wildman–Crippen LogP) is 9.20. The first kappa shape index (κ1) is 34.0. The lowest BCUT2D eigenvalue weighted by atomic mass is 9.95. The maximum absolute atomic E-state index is 13.8. The number of carbonyl (C=O) groups excluding carboxylic acids is 1. The zero-order valence-electron chi connectivity index (χ0n) is 28.0. The molecule has 1 spiro atoms. The summed E-state index contributed by atoms with van der Waals surface area (Å²) in [5.74, 6) is 2.09. The quantitative estimate of drug-likeness (QED) is 0.131. The van der Waals surface area contributed by atoms with E-state index >= 15 is 0 Å². The molecular weight excluding hydrogens is 565 g/mol. The third-order valence-electron chi connectivity index (χ3n) is 9.05. The fourth-order valence-electron chi connectivity index (χ4n) is 6.37. The summed E-state index contributed by atoms with van der Waals surface area (Å²) in [5.41, 5.74) is 7.82. The SMILES string of the molecule is CCCCC1=NC2(CCCC2)C(=O)N1Cc1ccc(-c2cccc(C)c2SNC(=N/C)/C(C)=C(/C)CCC)c(COCC)c1. The molecule has 0 bridgehead atoms. The smallest absolute Gasteiger partial charge is 0.256 e. The van der Waals surface area contributed by atoms with Crippen molar-refractivity contribution in [3.8, 4) is 11.1 Å². The number of nitrogens with one attached hydrogen (secondary N) is 1. The third-order valence-corrected chi connectivity index (χ3v) is 10.1. The van der Waals surface area contributed by atoms with Gasteiger partial charge in [-0.25, -0.2) is 0 Å². The monoisotopic (exact) mass is 616 g/mol. The van der Waals surface area contributed by atoms with Crippen LogP contribution >= 0.6 is 11.9 Å². The largest absolute Gasteiger partial charge is 0.377 e. The molecule has 0 atom stereocenters. The molecule has 0 saturated heterocycles. The predicted molar refractivity (Wildman–Crippen MR) is 186 cm³/mol. The number of benzene rings is 2. The molecule has 1 amide bonds. The second-order valence-electron chi connectivity index (χ2n) is 12.3. The number of carbonyl (C=O) groups is 1. The van der Waals surface area contributed by atoms with Crippen LogP contribution in [-0.4, -0.2) is 41.7 Å². The summed E-state index contributed by atoms with van der Waals surface area (Å²) in [6.45, 7) is 14.6. The minimum Gasteiger partial charge on any atom is -0.377 e. The fourth-order valence-corrected chi connectivity index (χ4v) is 7.33. The molecule has 6 nitrogen and oxygen atoms in total. The summed E-state index contributed by atoms with van der Waals surface area (Å²) < 4.78 is 9.56. The molecule has 238 valence electrons. The van der Waals surface area contributed by atoms with E-state index in [4.69, 9.17) is 9.73 Å². The van der Waals surface area contributed by atoms with Crippen molar-refractivity contribution in [1.82, 2.24) is 9.62 Å².